The summed E-state index contributed by atoms with van der Waals surface area (Å²) in [6.45, 7) is 16.1. The van der Waals surface area contributed by atoms with Gasteiger partial charge in [0.2, 0.25) is 5.79 Å². The molecule has 0 bridgehead atoms. The fourth-order valence-electron chi connectivity index (χ4n) is 5.77. The van der Waals surface area contributed by atoms with Crippen molar-refractivity contribution < 1.29 is 29.2 Å². The van der Waals surface area contributed by atoms with Crippen molar-refractivity contribution in [3.8, 4) is 0 Å². The summed E-state index contributed by atoms with van der Waals surface area (Å²) < 4.78 is 26.1. The standard InChI is InChI=1S/C34H69O6/c1-8-13-14-15-16-17-18-19-20-21-22-23-33(28-30(6)35,29-31(7)36)34(39-26-11-4,40-27-12-5)32(37-24-9-2)38-25-10-3/h30-31,35-36H,8-29H2,1-7H3. The molecule has 0 aromatic rings. The SMILES string of the molecule is CCCCCCCCCCCCCC(CC(C)O)(CC(C)O)C(OCCC)(OCCC)[C](OCCC)OCCC. The summed E-state index contributed by atoms with van der Waals surface area (Å²) in [5.74, 6) is -1.31. The minimum atomic E-state index is -1.31. The van der Waals surface area contributed by atoms with Gasteiger partial charge in [0.1, 0.15) is 0 Å². The van der Waals surface area contributed by atoms with E-state index in [-0.39, 0.29) is 0 Å². The molecule has 0 aliphatic rings. The molecule has 6 heteroatoms. The van der Waals surface area contributed by atoms with Gasteiger partial charge in [0, 0.05) is 5.41 Å². The van der Waals surface area contributed by atoms with E-state index in [0.717, 1.165) is 44.9 Å². The molecule has 241 valence electrons. The number of unbranched alkanes of at least 4 members (excludes halogenated alkanes) is 10. The third-order valence-corrected chi connectivity index (χ3v) is 7.49. The van der Waals surface area contributed by atoms with E-state index in [1.165, 1.54) is 57.8 Å². The zero-order valence-corrected chi connectivity index (χ0v) is 27.7. The molecule has 0 aromatic carbocycles. The number of hydrogen-bond acceptors (Lipinski definition) is 6. The van der Waals surface area contributed by atoms with Gasteiger partial charge in [-0.1, -0.05) is 105 Å². The molecule has 6 nitrogen and oxygen atoms in total. The predicted molar refractivity (Wildman–Crippen MR) is 167 cm³/mol. The van der Waals surface area contributed by atoms with E-state index in [2.05, 4.69) is 34.6 Å². The zero-order valence-electron chi connectivity index (χ0n) is 27.7. The van der Waals surface area contributed by atoms with Crippen molar-refractivity contribution in [3.63, 3.8) is 0 Å². The van der Waals surface area contributed by atoms with Crippen molar-refractivity contribution in [3.05, 3.63) is 6.29 Å². The van der Waals surface area contributed by atoms with Gasteiger partial charge in [-0.2, -0.15) is 0 Å². The molecule has 2 N–H and O–H groups in total. The average molecular weight is 574 g/mol. The third-order valence-electron chi connectivity index (χ3n) is 7.49. The van der Waals surface area contributed by atoms with Crippen LogP contribution >= 0.6 is 0 Å². The Kier molecular flexibility index (Phi) is 25.1. The molecule has 0 saturated heterocycles. The van der Waals surface area contributed by atoms with E-state index in [1.54, 1.807) is 0 Å². The molecule has 0 aliphatic carbocycles. The summed E-state index contributed by atoms with van der Waals surface area (Å²) in [5, 5.41) is 21.7. The number of aliphatic hydroxyl groups is 2. The average Bonchev–Trinajstić information content (AvgIpc) is 2.91. The van der Waals surface area contributed by atoms with Gasteiger partial charge in [0.15, 0.2) is 0 Å². The third kappa shape index (κ3) is 15.8. The van der Waals surface area contributed by atoms with E-state index in [4.69, 9.17) is 18.9 Å². The van der Waals surface area contributed by atoms with Crippen molar-refractivity contribution in [1.82, 2.24) is 0 Å². The molecular formula is C34H69O6. The second-order valence-electron chi connectivity index (χ2n) is 12.0. The van der Waals surface area contributed by atoms with Gasteiger partial charge in [0.25, 0.3) is 6.29 Å². The Morgan fingerprint density at radius 3 is 1.25 bits per heavy atom. The molecule has 0 amide bonds. The number of ether oxygens (including phenoxy) is 4. The van der Waals surface area contributed by atoms with E-state index in [1.807, 2.05) is 13.8 Å². The molecule has 0 aromatic heterocycles. The van der Waals surface area contributed by atoms with Crippen molar-refractivity contribution in [2.24, 2.45) is 5.41 Å². The van der Waals surface area contributed by atoms with Crippen LogP contribution in [0.5, 0.6) is 0 Å². The highest BCUT2D eigenvalue weighted by atomic mass is 16.8. The first-order valence-electron chi connectivity index (χ1n) is 17.1. The smallest absolute Gasteiger partial charge is 0.286 e. The van der Waals surface area contributed by atoms with Gasteiger partial charge in [-0.3, -0.25) is 0 Å². The highest BCUT2D eigenvalue weighted by Gasteiger charge is 2.61. The molecule has 40 heavy (non-hydrogen) atoms. The van der Waals surface area contributed by atoms with E-state index in [0.29, 0.717) is 45.6 Å². The number of aliphatic hydroxyl groups excluding tert-OH is 2. The monoisotopic (exact) mass is 574 g/mol. The number of rotatable bonds is 30. The fourth-order valence-corrected chi connectivity index (χ4v) is 5.77. The Bertz CT molecular complexity index is 513. The Morgan fingerprint density at radius 2 is 0.900 bits per heavy atom. The van der Waals surface area contributed by atoms with Crippen molar-refractivity contribution in [2.75, 3.05) is 26.4 Å². The molecule has 0 aliphatic heterocycles. The van der Waals surface area contributed by atoms with Gasteiger partial charge in [-0.25, -0.2) is 0 Å². The van der Waals surface area contributed by atoms with Gasteiger partial charge in [-0.15, -0.1) is 0 Å². The molecule has 0 fully saturated rings. The van der Waals surface area contributed by atoms with Crippen molar-refractivity contribution in [2.45, 2.75) is 182 Å². The minimum Gasteiger partial charge on any atom is -0.393 e. The largest absolute Gasteiger partial charge is 0.393 e. The Balaban J connectivity index is 6.02. The molecule has 0 heterocycles. The summed E-state index contributed by atoms with van der Waals surface area (Å²) in [4.78, 5) is 0. The molecule has 2 atom stereocenters. The van der Waals surface area contributed by atoms with Crippen molar-refractivity contribution >= 4 is 0 Å². The molecule has 0 spiro atoms. The number of hydrogen-bond donors (Lipinski definition) is 2. The minimum absolute atomic E-state index is 0.363. The predicted octanol–water partition coefficient (Wildman–Crippen LogP) is 9.11. The van der Waals surface area contributed by atoms with Crippen LogP contribution in [0.15, 0.2) is 0 Å². The van der Waals surface area contributed by atoms with Crippen LogP contribution in [0.4, 0.5) is 0 Å². The molecular weight excluding hydrogens is 504 g/mol. The van der Waals surface area contributed by atoms with Crippen LogP contribution in [0.3, 0.4) is 0 Å². The maximum atomic E-state index is 10.8. The highest BCUT2D eigenvalue weighted by molar-refractivity contribution is 5.06. The second-order valence-corrected chi connectivity index (χ2v) is 12.0. The summed E-state index contributed by atoms with van der Waals surface area (Å²) in [7, 11) is 0. The first-order valence-corrected chi connectivity index (χ1v) is 17.1. The van der Waals surface area contributed by atoms with E-state index >= 15 is 0 Å². The van der Waals surface area contributed by atoms with Crippen LogP contribution in [-0.4, -0.2) is 54.6 Å². The molecule has 1 radical (unpaired) electrons. The highest BCUT2D eigenvalue weighted by Crippen LogP contribution is 2.53. The first kappa shape index (κ1) is 39.8. The molecule has 0 saturated carbocycles. The van der Waals surface area contributed by atoms with Gasteiger partial charge >= 0.3 is 0 Å². The first-order chi connectivity index (χ1) is 19.3. The molecule has 2 unspecified atom stereocenters. The fraction of sp³-hybridized carbons (Fsp3) is 0.971. The maximum Gasteiger partial charge on any atom is 0.286 e. The Hall–Kier alpha value is -0.240. The van der Waals surface area contributed by atoms with Crippen LogP contribution in [-0.2, 0) is 18.9 Å². The maximum absolute atomic E-state index is 10.8. The van der Waals surface area contributed by atoms with Crippen LogP contribution in [0.2, 0.25) is 0 Å². The van der Waals surface area contributed by atoms with Crippen molar-refractivity contribution in [1.29, 1.82) is 0 Å². The lowest BCUT2D eigenvalue weighted by Crippen LogP contribution is -2.60. The van der Waals surface area contributed by atoms with Gasteiger partial charge in [0.05, 0.1) is 38.6 Å². The lowest BCUT2D eigenvalue weighted by molar-refractivity contribution is -0.357. The normalized spacial score (nSPS) is 15.4. The van der Waals surface area contributed by atoms with Crippen LogP contribution in [0.25, 0.3) is 0 Å². The summed E-state index contributed by atoms with van der Waals surface area (Å²) in [6, 6.07) is 0. The van der Waals surface area contributed by atoms with Gasteiger partial charge in [-0.05, 0) is 58.8 Å². The van der Waals surface area contributed by atoms with Crippen LogP contribution in [0, 0.1) is 11.7 Å². The summed E-state index contributed by atoms with van der Waals surface area (Å²) in [6.07, 6.45) is 18.0. The van der Waals surface area contributed by atoms with Crippen LogP contribution in [0.1, 0.15) is 164 Å². The van der Waals surface area contributed by atoms with E-state index < -0.39 is 23.4 Å². The van der Waals surface area contributed by atoms with E-state index in [9.17, 15) is 10.2 Å². The van der Waals surface area contributed by atoms with Crippen LogP contribution < -0.4 is 0 Å². The summed E-state index contributed by atoms with van der Waals surface area (Å²) in [5.41, 5.74) is -0.713. The Morgan fingerprint density at radius 1 is 0.525 bits per heavy atom. The second kappa shape index (κ2) is 25.3. The zero-order chi connectivity index (χ0) is 30.1. The molecule has 0 rings (SSSR count). The topological polar surface area (TPSA) is 77.4 Å². The lowest BCUT2D eigenvalue weighted by Gasteiger charge is -2.53. The Labute approximate surface area is 249 Å². The van der Waals surface area contributed by atoms with Gasteiger partial charge < -0.3 is 29.2 Å². The quantitative estimate of drug-likeness (QED) is 0.0659. The lowest BCUT2D eigenvalue weighted by atomic mass is 9.66. The summed E-state index contributed by atoms with van der Waals surface area (Å²) >= 11 is 0.